The maximum atomic E-state index is 6.50. The maximum Gasteiger partial charge on any atom is 0.127 e. The van der Waals surface area contributed by atoms with Crippen LogP contribution in [0, 0.1) is 0 Å². The minimum atomic E-state index is 0.221. The van der Waals surface area contributed by atoms with E-state index in [4.69, 9.17) is 9.47 Å². The first kappa shape index (κ1) is 28.5. The number of fused-ring (bicyclic) bond motifs is 2. The standard InChI is InChI=1S/C40H40NO2/c1-41(2,37(33-17-5-3-6-18-33)27-29-42-39-25-13-21-31-15-9-11-23-35(31)39)38(34-19-7-4-8-20-34)28-30-43-40-26-14-22-32-16-10-12-24-36(32)40/h3-26,37-38H,27-30H2,1-2H3/q+1. The first-order valence-electron chi connectivity index (χ1n) is 15.3. The third-order valence-electron chi connectivity index (χ3n) is 8.77. The summed E-state index contributed by atoms with van der Waals surface area (Å²) in [5.41, 5.74) is 2.65. The number of nitrogens with zero attached hydrogens (tertiary/aromatic N) is 1. The molecule has 0 aliphatic rings. The van der Waals surface area contributed by atoms with E-state index in [9.17, 15) is 0 Å². The molecule has 0 heterocycles. The predicted octanol–water partition coefficient (Wildman–Crippen LogP) is 9.79. The van der Waals surface area contributed by atoms with E-state index in [-0.39, 0.29) is 12.1 Å². The van der Waals surface area contributed by atoms with Gasteiger partial charge in [-0.05, 0) is 22.9 Å². The number of ether oxygens (including phenoxy) is 2. The molecule has 0 radical (unpaired) electrons. The molecule has 0 amide bonds. The predicted molar refractivity (Wildman–Crippen MR) is 179 cm³/mol. The molecule has 0 saturated carbocycles. The van der Waals surface area contributed by atoms with Crippen molar-refractivity contribution in [1.82, 2.24) is 0 Å². The van der Waals surface area contributed by atoms with E-state index in [0.29, 0.717) is 13.2 Å². The molecule has 6 aromatic rings. The van der Waals surface area contributed by atoms with Crippen LogP contribution in [0.2, 0.25) is 0 Å². The lowest BCUT2D eigenvalue weighted by Gasteiger charge is -2.45. The third kappa shape index (κ3) is 6.43. The highest BCUT2D eigenvalue weighted by Crippen LogP contribution is 2.40. The van der Waals surface area contributed by atoms with E-state index in [1.54, 1.807) is 0 Å². The Morgan fingerprint density at radius 3 is 1.26 bits per heavy atom. The zero-order valence-electron chi connectivity index (χ0n) is 25.1. The van der Waals surface area contributed by atoms with Crippen molar-refractivity contribution in [3.8, 4) is 11.5 Å². The first-order valence-corrected chi connectivity index (χ1v) is 15.3. The molecule has 0 aliphatic carbocycles. The second-order valence-corrected chi connectivity index (χ2v) is 11.7. The minimum absolute atomic E-state index is 0.221. The van der Waals surface area contributed by atoms with Gasteiger partial charge in [0.25, 0.3) is 0 Å². The number of rotatable bonds is 12. The van der Waals surface area contributed by atoms with E-state index in [2.05, 4.69) is 160 Å². The minimum Gasteiger partial charge on any atom is -0.493 e. The molecule has 43 heavy (non-hydrogen) atoms. The second-order valence-electron chi connectivity index (χ2n) is 11.7. The van der Waals surface area contributed by atoms with Crippen LogP contribution in [0.1, 0.15) is 36.1 Å². The fourth-order valence-corrected chi connectivity index (χ4v) is 6.54. The van der Waals surface area contributed by atoms with Crippen LogP contribution in [0.15, 0.2) is 146 Å². The first-order chi connectivity index (χ1) is 21.1. The molecule has 0 bridgehead atoms. The summed E-state index contributed by atoms with van der Waals surface area (Å²) >= 11 is 0. The van der Waals surface area contributed by atoms with Crippen molar-refractivity contribution in [1.29, 1.82) is 0 Å². The van der Waals surface area contributed by atoms with Gasteiger partial charge in [-0.25, -0.2) is 0 Å². The maximum absolute atomic E-state index is 6.50. The van der Waals surface area contributed by atoms with Crippen LogP contribution in [0.25, 0.3) is 21.5 Å². The Morgan fingerprint density at radius 1 is 0.442 bits per heavy atom. The summed E-state index contributed by atoms with van der Waals surface area (Å²) in [5.74, 6) is 1.89. The average molecular weight is 567 g/mol. The number of benzene rings is 6. The highest BCUT2D eigenvalue weighted by molar-refractivity contribution is 5.88. The molecule has 6 aromatic carbocycles. The van der Waals surface area contributed by atoms with Gasteiger partial charge in [0.1, 0.15) is 23.6 Å². The average Bonchev–Trinajstić information content (AvgIpc) is 3.06. The van der Waals surface area contributed by atoms with Crippen molar-refractivity contribution in [2.24, 2.45) is 0 Å². The molecule has 3 heteroatoms. The van der Waals surface area contributed by atoms with Gasteiger partial charge in [0, 0.05) is 34.7 Å². The van der Waals surface area contributed by atoms with Gasteiger partial charge in [-0.3, -0.25) is 0 Å². The Labute approximate surface area is 255 Å². The van der Waals surface area contributed by atoms with E-state index < -0.39 is 0 Å². The van der Waals surface area contributed by atoms with Crippen LogP contribution in [-0.4, -0.2) is 31.8 Å². The van der Waals surface area contributed by atoms with Gasteiger partial charge in [-0.2, -0.15) is 0 Å². The van der Waals surface area contributed by atoms with Crippen molar-refractivity contribution >= 4 is 21.5 Å². The molecule has 0 spiro atoms. The number of quaternary nitrogens is 1. The lowest BCUT2D eigenvalue weighted by Crippen LogP contribution is -2.47. The number of hydrogen-bond donors (Lipinski definition) is 0. The van der Waals surface area contributed by atoms with Crippen LogP contribution in [-0.2, 0) is 0 Å². The molecule has 6 rings (SSSR count). The van der Waals surface area contributed by atoms with Crippen molar-refractivity contribution in [3.05, 3.63) is 157 Å². The van der Waals surface area contributed by atoms with E-state index in [1.165, 1.54) is 21.9 Å². The van der Waals surface area contributed by atoms with Crippen molar-refractivity contribution < 1.29 is 14.0 Å². The zero-order chi connectivity index (χ0) is 29.5. The van der Waals surface area contributed by atoms with Gasteiger partial charge in [-0.15, -0.1) is 0 Å². The Morgan fingerprint density at radius 2 is 0.814 bits per heavy atom. The zero-order valence-corrected chi connectivity index (χ0v) is 25.1. The van der Waals surface area contributed by atoms with Crippen LogP contribution in [0.3, 0.4) is 0 Å². The molecule has 0 N–H and O–H groups in total. The summed E-state index contributed by atoms with van der Waals surface area (Å²) in [6, 6.07) is 51.7. The molecule has 0 aliphatic heterocycles. The Balaban J connectivity index is 1.26. The second kappa shape index (κ2) is 13.1. The van der Waals surface area contributed by atoms with Gasteiger partial charge < -0.3 is 14.0 Å². The third-order valence-corrected chi connectivity index (χ3v) is 8.77. The van der Waals surface area contributed by atoms with Crippen molar-refractivity contribution in [2.45, 2.75) is 24.9 Å². The van der Waals surface area contributed by atoms with Crippen molar-refractivity contribution in [3.63, 3.8) is 0 Å². The topological polar surface area (TPSA) is 18.5 Å². The highest BCUT2D eigenvalue weighted by atomic mass is 16.5. The van der Waals surface area contributed by atoms with Crippen LogP contribution >= 0.6 is 0 Å². The smallest absolute Gasteiger partial charge is 0.127 e. The van der Waals surface area contributed by atoms with Crippen molar-refractivity contribution in [2.75, 3.05) is 27.3 Å². The normalized spacial score (nSPS) is 13.1. The van der Waals surface area contributed by atoms with E-state index in [1.807, 2.05) is 0 Å². The molecule has 216 valence electrons. The summed E-state index contributed by atoms with van der Waals surface area (Å²) in [7, 11) is 4.73. The van der Waals surface area contributed by atoms with Gasteiger partial charge >= 0.3 is 0 Å². The Kier molecular flexibility index (Phi) is 8.72. The van der Waals surface area contributed by atoms with Crippen LogP contribution < -0.4 is 9.47 Å². The Bertz CT molecular complexity index is 1620. The van der Waals surface area contributed by atoms with Gasteiger partial charge in [-0.1, -0.05) is 133 Å². The van der Waals surface area contributed by atoms with Crippen LogP contribution in [0.5, 0.6) is 11.5 Å². The molecule has 0 fully saturated rings. The summed E-state index contributed by atoms with van der Waals surface area (Å²) in [5, 5.41) is 4.71. The molecule has 0 aromatic heterocycles. The lowest BCUT2D eigenvalue weighted by atomic mass is 9.93. The molecule has 2 unspecified atom stereocenters. The summed E-state index contributed by atoms with van der Waals surface area (Å²) < 4.78 is 13.8. The van der Waals surface area contributed by atoms with Gasteiger partial charge in [0.15, 0.2) is 0 Å². The molecule has 3 nitrogen and oxygen atoms in total. The fourth-order valence-electron chi connectivity index (χ4n) is 6.54. The molecular weight excluding hydrogens is 526 g/mol. The van der Waals surface area contributed by atoms with Crippen LogP contribution in [0.4, 0.5) is 0 Å². The molecule has 0 saturated heterocycles. The lowest BCUT2D eigenvalue weighted by molar-refractivity contribution is -0.951. The van der Waals surface area contributed by atoms with Gasteiger partial charge in [0.2, 0.25) is 0 Å². The monoisotopic (exact) mass is 566 g/mol. The fraction of sp³-hybridized carbons (Fsp3) is 0.200. The van der Waals surface area contributed by atoms with Gasteiger partial charge in [0.05, 0.1) is 27.3 Å². The summed E-state index contributed by atoms with van der Waals surface area (Å²) in [6.45, 7) is 1.26. The SMILES string of the molecule is C[N+](C)(C(CCOc1cccc2ccccc12)c1ccccc1)C(CCOc1cccc2ccccc12)c1ccccc1. The van der Waals surface area contributed by atoms with E-state index >= 15 is 0 Å². The quantitative estimate of drug-likeness (QED) is 0.137. The summed E-state index contributed by atoms with van der Waals surface area (Å²) in [4.78, 5) is 0. The number of hydrogen-bond acceptors (Lipinski definition) is 2. The molecular formula is C40H40NO2+. The molecule has 2 atom stereocenters. The Hall–Kier alpha value is -4.60. The summed E-state index contributed by atoms with van der Waals surface area (Å²) in [6.07, 6.45) is 1.77. The largest absolute Gasteiger partial charge is 0.493 e. The highest BCUT2D eigenvalue weighted by Gasteiger charge is 2.38. The van der Waals surface area contributed by atoms with E-state index in [0.717, 1.165) is 39.6 Å².